The van der Waals surface area contributed by atoms with E-state index >= 15 is 0 Å². The molecule has 0 fully saturated rings. The van der Waals surface area contributed by atoms with Crippen LogP contribution in [-0.2, 0) is 0 Å². The fourth-order valence-corrected chi connectivity index (χ4v) is 1.54. The first-order valence-corrected chi connectivity index (χ1v) is 5.32. The van der Waals surface area contributed by atoms with Crippen molar-refractivity contribution < 1.29 is 0 Å². The lowest BCUT2D eigenvalue weighted by molar-refractivity contribution is 0.818. The van der Waals surface area contributed by atoms with E-state index in [1.807, 2.05) is 7.05 Å². The summed E-state index contributed by atoms with van der Waals surface area (Å²) < 4.78 is 0. The Morgan fingerprint density at radius 3 is 3.19 bits per heavy atom. The molecule has 0 unspecified atom stereocenters. The maximum Gasteiger partial charge on any atom is 0.156 e. The zero-order valence-corrected chi connectivity index (χ0v) is 9.60. The molecule has 2 aromatic heterocycles. The van der Waals surface area contributed by atoms with Crippen LogP contribution in [-0.4, -0.2) is 28.5 Å². The molecule has 0 aliphatic rings. The maximum absolute atomic E-state index is 5.91. The van der Waals surface area contributed by atoms with Crippen LogP contribution in [0.2, 0.25) is 5.15 Å². The van der Waals surface area contributed by atoms with Crippen LogP contribution in [0.1, 0.15) is 12.0 Å². The molecular weight excluding hydrogens is 224 g/mol. The van der Waals surface area contributed by atoms with Gasteiger partial charge in [-0.1, -0.05) is 23.4 Å². The minimum atomic E-state index is 0.424. The second-order valence-corrected chi connectivity index (χ2v) is 3.60. The van der Waals surface area contributed by atoms with Gasteiger partial charge in [0.25, 0.3) is 0 Å². The molecule has 0 spiro atoms. The SMILES string of the molecule is CNCCC#Cc1c[nH]c2c(Cl)ncnc12. The van der Waals surface area contributed by atoms with E-state index in [4.69, 9.17) is 11.6 Å². The summed E-state index contributed by atoms with van der Waals surface area (Å²) in [4.78, 5) is 11.1. The van der Waals surface area contributed by atoms with Crippen molar-refractivity contribution in [1.29, 1.82) is 0 Å². The third-order valence-corrected chi connectivity index (χ3v) is 2.43. The van der Waals surface area contributed by atoms with Crippen LogP contribution in [0.3, 0.4) is 0 Å². The van der Waals surface area contributed by atoms with Gasteiger partial charge in [-0.05, 0) is 7.05 Å². The first-order valence-electron chi connectivity index (χ1n) is 4.94. The Bertz CT molecular complexity index is 550. The Morgan fingerprint density at radius 1 is 1.50 bits per heavy atom. The zero-order chi connectivity index (χ0) is 11.4. The number of hydrogen-bond acceptors (Lipinski definition) is 3. The van der Waals surface area contributed by atoms with Crippen molar-refractivity contribution in [3.8, 4) is 11.8 Å². The lowest BCUT2D eigenvalue weighted by Crippen LogP contribution is -2.05. The predicted molar refractivity (Wildman–Crippen MR) is 64.3 cm³/mol. The summed E-state index contributed by atoms with van der Waals surface area (Å²) in [6.07, 6.45) is 4.05. The molecule has 0 amide bonds. The largest absolute Gasteiger partial charge is 0.356 e. The van der Waals surface area contributed by atoms with Gasteiger partial charge in [0.1, 0.15) is 17.4 Å². The minimum absolute atomic E-state index is 0.424. The van der Waals surface area contributed by atoms with E-state index in [2.05, 4.69) is 32.1 Å². The number of aromatic nitrogens is 3. The maximum atomic E-state index is 5.91. The fourth-order valence-electron chi connectivity index (χ4n) is 1.35. The summed E-state index contributed by atoms with van der Waals surface area (Å²) in [7, 11) is 1.90. The van der Waals surface area contributed by atoms with E-state index in [0.717, 1.165) is 29.6 Å². The third kappa shape index (κ3) is 2.16. The molecule has 0 radical (unpaired) electrons. The number of hydrogen-bond donors (Lipinski definition) is 2. The van der Waals surface area contributed by atoms with Crippen LogP contribution >= 0.6 is 11.6 Å². The quantitative estimate of drug-likeness (QED) is 0.471. The number of nitrogens with zero attached hydrogens (tertiary/aromatic N) is 2. The Morgan fingerprint density at radius 2 is 2.38 bits per heavy atom. The highest BCUT2D eigenvalue weighted by Gasteiger charge is 2.06. The van der Waals surface area contributed by atoms with Gasteiger partial charge in [-0.3, -0.25) is 0 Å². The average molecular weight is 235 g/mol. The van der Waals surface area contributed by atoms with Gasteiger partial charge >= 0.3 is 0 Å². The van der Waals surface area contributed by atoms with Crippen molar-refractivity contribution >= 4 is 22.6 Å². The van der Waals surface area contributed by atoms with E-state index in [9.17, 15) is 0 Å². The highest BCUT2D eigenvalue weighted by molar-refractivity contribution is 6.33. The summed E-state index contributed by atoms with van der Waals surface area (Å²) in [6, 6.07) is 0. The third-order valence-electron chi connectivity index (χ3n) is 2.14. The molecule has 0 aromatic carbocycles. The van der Waals surface area contributed by atoms with E-state index < -0.39 is 0 Å². The van der Waals surface area contributed by atoms with E-state index in [-0.39, 0.29) is 0 Å². The monoisotopic (exact) mass is 234 g/mol. The first kappa shape index (κ1) is 10.9. The molecule has 2 N–H and O–H groups in total. The Labute approximate surface area is 98.4 Å². The van der Waals surface area contributed by atoms with Crippen molar-refractivity contribution in [3.05, 3.63) is 23.2 Å². The van der Waals surface area contributed by atoms with E-state index in [1.54, 1.807) is 6.20 Å². The van der Waals surface area contributed by atoms with E-state index in [1.165, 1.54) is 6.33 Å². The molecule has 4 nitrogen and oxygen atoms in total. The van der Waals surface area contributed by atoms with Crippen molar-refractivity contribution in [2.45, 2.75) is 6.42 Å². The average Bonchev–Trinajstić information content (AvgIpc) is 2.70. The van der Waals surface area contributed by atoms with Gasteiger partial charge in [-0.25, -0.2) is 9.97 Å². The van der Waals surface area contributed by atoms with E-state index in [0.29, 0.717) is 5.15 Å². The van der Waals surface area contributed by atoms with Gasteiger partial charge < -0.3 is 10.3 Å². The van der Waals surface area contributed by atoms with Crippen molar-refractivity contribution in [1.82, 2.24) is 20.3 Å². The minimum Gasteiger partial charge on any atom is -0.356 e. The molecule has 82 valence electrons. The molecule has 16 heavy (non-hydrogen) atoms. The van der Waals surface area contributed by atoms with Crippen LogP contribution in [0.5, 0.6) is 0 Å². The lowest BCUT2D eigenvalue weighted by Gasteiger charge is -1.91. The standard InChI is InChI=1S/C11H11ClN4/c1-13-5-3-2-4-8-6-14-10-9(8)15-7-16-11(10)12/h6-7,13-14H,3,5H2,1H3. The number of fused-ring (bicyclic) bond motifs is 1. The Kier molecular flexibility index (Phi) is 3.40. The molecule has 2 rings (SSSR count). The summed E-state index contributed by atoms with van der Waals surface area (Å²) in [5.41, 5.74) is 2.37. The number of H-pyrrole nitrogens is 1. The molecular formula is C11H11ClN4. The molecule has 0 aliphatic heterocycles. The molecule has 0 bridgehead atoms. The first-order chi connectivity index (χ1) is 7.83. The second-order valence-electron chi connectivity index (χ2n) is 3.25. The Hall–Kier alpha value is -1.57. The topological polar surface area (TPSA) is 53.6 Å². The van der Waals surface area contributed by atoms with Gasteiger partial charge in [-0.2, -0.15) is 0 Å². The van der Waals surface area contributed by atoms with Gasteiger partial charge in [-0.15, -0.1) is 0 Å². The highest BCUT2D eigenvalue weighted by Crippen LogP contribution is 2.20. The van der Waals surface area contributed by atoms with Crippen molar-refractivity contribution in [2.24, 2.45) is 0 Å². The Balaban J connectivity index is 2.31. The van der Waals surface area contributed by atoms with Crippen molar-refractivity contribution in [3.63, 3.8) is 0 Å². The highest BCUT2D eigenvalue weighted by atomic mass is 35.5. The van der Waals surface area contributed by atoms with Gasteiger partial charge in [0.05, 0.1) is 5.56 Å². The van der Waals surface area contributed by atoms with Gasteiger partial charge in [0, 0.05) is 19.2 Å². The molecule has 0 saturated heterocycles. The number of halogens is 1. The predicted octanol–water partition coefficient (Wildman–Crippen LogP) is 1.57. The smallest absolute Gasteiger partial charge is 0.156 e. The number of aromatic amines is 1. The van der Waals surface area contributed by atoms with Gasteiger partial charge in [0.2, 0.25) is 0 Å². The fraction of sp³-hybridized carbons (Fsp3) is 0.273. The second kappa shape index (κ2) is 4.97. The molecule has 0 saturated carbocycles. The summed E-state index contributed by atoms with van der Waals surface area (Å²) in [6.45, 7) is 0.880. The summed E-state index contributed by atoms with van der Waals surface area (Å²) in [5, 5.41) is 3.46. The summed E-state index contributed by atoms with van der Waals surface area (Å²) >= 11 is 5.91. The molecule has 2 heterocycles. The number of rotatable bonds is 2. The molecule has 5 heteroatoms. The molecule has 0 atom stereocenters. The van der Waals surface area contributed by atoms with Crippen LogP contribution in [0.15, 0.2) is 12.5 Å². The van der Waals surface area contributed by atoms with Crippen LogP contribution in [0.25, 0.3) is 11.0 Å². The van der Waals surface area contributed by atoms with Crippen LogP contribution in [0, 0.1) is 11.8 Å². The van der Waals surface area contributed by atoms with Crippen molar-refractivity contribution in [2.75, 3.05) is 13.6 Å². The lowest BCUT2D eigenvalue weighted by atomic mass is 10.3. The molecule has 2 aromatic rings. The van der Waals surface area contributed by atoms with Crippen LogP contribution in [0.4, 0.5) is 0 Å². The molecule has 0 aliphatic carbocycles. The normalized spacial score (nSPS) is 10.1. The zero-order valence-electron chi connectivity index (χ0n) is 8.84. The van der Waals surface area contributed by atoms with Gasteiger partial charge in [0.15, 0.2) is 5.15 Å². The number of nitrogens with one attached hydrogen (secondary N) is 2. The summed E-state index contributed by atoms with van der Waals surface area (Å²) in [5.74, 6) is 6.12. The van der Waals surface area contributed by atoms with Crippen LogP contribution < -0.4 is 5.32 Å².